The molecule has 20 heavy (non-hydrogen) atoms. The molecule has 0 atom stereocenters. The van der Waals surface area contributed by atoms with E-state index in [-0.39, 0.29) is 18.0 Å². The van der Waals surface area contributed by atoms with E-state index in [9.17, 15) is 14.0 Å². The molecule has 7 heteroatoms. The third-order valence-corrected chi connectivity index (χ3v) is 2.93. The molecular weight excluding hydrogens is 331 g/mol. The van der Waals surface area contributed by atoms with Crippen molar-refractivity contribution in [1.82, 2.24) is 9.78 Å². The van der Waals surface area contributed by atoms with E-state index in [2.05, 4.69) is 21.0 Å². The van der Waals surface area contributed by atoms with Gasteiger partial charge in [-0.25, -0.2) is 13.9 Å². The van der Waals surface area contributed by atoms with Gasteiger partial charge in [-0.3, -0.25) is 4.79 Å². The number of hydrogen-bond acceptors (Lipinski definition) is 4. The van der Waals surface area contributed by atoms with E-state index < -0.39 is 17.2 Å². The fourth-order valence-electron chi connectivity index (χ4n) is 1.55. The summed E-state index contributed by atoms with van der Waals surface area (Å²) in [6.45, 7) is 1.75. The first kappa shape index (κ1) is 14.4. The molecule has 0 aliphatic carbocycles. The van der Waals surface area contributed by atoms with Crippen LogP contribution in [0.3, 0.4) is 0 Å². The number of nitrogens with zero attached hydrogens (tertiary/aromatic N) is 2. The first-order chi connectivity index (χ1) is 9.52. The number of carbonyl (C=O) groups is 1. The molecule has 0 unspecified atom stereocenters. The van der Waals surface area contributed by atoms with Gasteiger partial charge in [0.2, 0.25) is 11.1 Å². The molecule has 0 N–H and O–H groups in total. The SMILES string of the molecule is CCOC(=O)c1nn(-c2ccc(Br)cc2F)ccc1=O. The summed E-state index contributed by atoms with van der Waals surface area (Å²) in [4.78, 5) is 23.2. The number of rotatable bonds is 3. The summed E-state index contributed by atoms with van der Waals surface area (Å²) < 4.78 is 20.3. The molecule has 2 aromatic rings. The number of halogens is 2. The monoisotopic (exact) mass is 340 g/mol. The molecule has 0 amide bonds. The Balaban J connectivity index is 2.51. The molecule has 0 radical (unpaired) electrons. The third kappa shape index (κ3) is 2.93. The highest BCUT2D eigenvalue weighted by Gasteiger charge is 2.15. The molecule has 0 aliphatic heterocycles. The van der Waals surface area contributed by atoms with Gasteiger partial charge in [0, 0.05) is 16.7 Å². The highest BCUT2D eigenvalue weighted by atomic mass is 79.9. The van der Waals surface area contributed by atoms with Gasteiger partial charge in [0.1, 0.15) is 11.5 Å². The van der Waals surface area contributed by atoms with Crippen molar-refractivity contribution in [3.63, 3.8) is 0 Å². The van der Waals surface area contributed by atoms with Crippen LogP contribution in [0.2, 0.25) is 0 Å². The van der Waals surface area contributed by atoms with Gasteiger partial charge >= 0.3 is 5.97 Å². The summed E-state index contributed by atoms with van der Waals surface area (Å²) in [5.74, 6) is -1.37. The molecule has 0 fully saturated rings. The second-order valence-electron chi connectivity index (χ2n) is 3.79. The number of ether oxygens (including phenoxy) is 1. The fourth-order valence-corrected chi connectivity index (χ4v) is 1.88. The van der Waals surface area contributed by atoms with Gasteiger partial charge in [0.15, 0.2) is 0 Å². The normalized spacial score (nSPS) is 10.3. The van der Waals surface area contributed by atoms with Crippen LogP contribution >= 0.6 is 15.9 Å². The third-order valence-electron chi connectivity index (χ3n) is 2.43. The Hall–Kier alpha value is -2.02. The molecule has 2 rings (SSSR count). The lowest BCUT2D eigenvalue weighted by Gasteiger charge is -2.08. The average Bonchev–Trinajstić information content (AvgIpc) is 2.40. The minimum Gasteiger partial charge on any atom is -0.461 e. The van der Waals surface area contributed by atoms with E-state index in [1.54, 1.807) is 13.0 Å². The Bertz CT molecular complexity index is 715. The molecule has 0 saturated carbocycles. The van der Waals surface area contributed by atoms with Crippen LogP contribution in [0.1, 0.15) is 17.4 Å². The second-order valence-corrected chi connectivity index (χ2v) is 4.71. The van der Waals surface area contributed by atoms with Crippen LogP contribution in [0, 0.1) is 5.82 Å². The lowest BCUT2D eigenvalue weighted by atomic mass is 10.3. The first-order valence-corrected chi connectivity index (χ1v) is 6.54. The number of hydrogen-bond donors (Lipinski definition) is 0. The summed E-state index contributed by atoms with van der Waals surface area (Å²) in [6, 6.07) is 5.51. The van der Waals surface area contributed by atoms with Gasteiger partial charge in [-0.1, -0.05) is 15.9 Å². The van der Waals surface area contributed by atoms with Gasteiger partial charge < -0.3 is 4.74 Å². The maximum absolute atomic E-state index is 13.8. The smallest absolute Gasteiger partial charge is 0.362 e. The van der Waals surface area contributed by atoms with Crippen LogP contribution in [-0.2, 0) is 4.74 Å². The number of carbonyl (C=O) groups excluding carboxylic acids is 1. The van der Waals surface area contributed by atoms with Gasteiger partial charge in [-0.15, -0.1) is 0 Å². The van der Waals surface area contributed by atoms with Crippen molar-refractivity contribution in [3.8, 4) is 5.69 Å². The Labute approximate surface area is 122 Å². The molecule has 0 spiro atoms. The molecule has 104 valence electrons. The fraction of sp³-hybridized carbons (Fsp3) is 0.154. The van der Waals surface area contributed by atoms with E-state index in [0.29, 0.717) is 4.47 Å². The summed E-state index contributed by atoms with van der Waals surface area (Å²) >= 11 is 3.14. The van der Waals surface area contributed by atoms with E-state index in [1.807, 2.05) is 0 Å². The van der Waals surface area contributed by atoms with E-state index >= 15 is 0 Å². The average molecular weight is 341 g/mol. The summed E-state index contributed by atoms with van der Waals surface area (Å²) in [5.41, 5.74) is -0.826. The number of benzene rings is 1. The largest absolute Gasteiger partial charge is 0.461 e. The standard InChI is InChI=1S/C13H10BrFN2O3/c1-2-20-13(19)12-11(18)5-6-17(16-12)10-4-3-8(14)7-9(10)15/h3-7H,2H2,1H3. The molecule has 1 heterocycles. The highest BCUT2D eigenvalue weighted by Crippen LogP contribution is 2.17. The second kappa shape index (κ2) is 5.96. The molecule has 0 aliphatic rings. The Morgan fingerprint density at radius 3 is 2.85 bits per heavy atom. The molecule has 1 aromatic heterocycles. The Kier molecular flexibility index (Phi) is 4.29. The zero-order valence-electron chi connectivity index (χ0n) is 10.5. The number of esters is 1. The van der Waals surface area contributed by atoms with Crippen molar-refractivity contribution in [2.75, 3.05) is 6.61 Å². The van der Waals surface area contributed by atoms with Crippen molar-refractivity contribution in [2.24, 2.45) is 0 Å². The van der Waals surface area contributed by atoms with Crippen molar-refractivity contribution in [3.05, 3.63) is 56.7 Å². The lowest BCUT2D eigenvalue weighted by molar-refractivity contribution is 0.0515. The van der Waals surface area contributed by atoms with Crippen LogP contribution in [0.4, 0.5) is 4.39 Å². The number of aromatic nitrogens is 2. The Morgan fingerprint density at radius 1 is 1.45 bits per heavy atom. The van der Waals surface area contributed by atoms with Crippen LogP contribution < -0.4 is 5.43 Å². The summed E-state index contributed by atoms with van der Waals surface area (Å²) in [5, 5.41) is 3.83. The summed E-state index contributed by atoms with van der Waals surface area (Å²) in [7, 11) is 0. The molecule has 1 aromatic carbocycles. The van der Waals surface area contributed by atoms with Crippen LogP contribution in [0.15, 0.2) is 39.7 Å². The zero-order valence-corrected chi connectivity index (χ0v) is 12.1. The van der Waals surface area contributed by atoms with Gasteiger partial charge in [-0.05, 0) is 25.1 Å². The lowest BCUT2D eigenvalue weighted by Crippen LogP contribution is -2.22. The maximum atomic E-state index is 13.8. The quantitative estimate of drug-likeness (QED) is 0.804. The zero-order chi connectivity index (χ0) is 14.7. The van der Waals surface area contributed by atoms with Crippen molar-refractivity contribution < 1.29 is 13.9 Å². The summed E-state index contributed by atoms with van der Waals surface area (Å²) in [6.07, 6.45) is 1.29. The Morgan fingerprint density at radius 2 is 2.20 bits per heavy atom. The van der Waals surface area contributed by atoms with E-state index in [4.69, 9.17) is 4.74 Å². The van der Waals surface area contributed by atoms with Gasteiger partial charge in [-0.2, -0.15) is 5.10 Å². The topological polar surface area (TPSA) is 61.2 Å². The first-order valence-electron chi connectivity index (χ1n) is 5.75. The molecule has 5 nitrogen and oxygen atoms in total. The van der Waals surface area contributed by atoms with Crippen molar-refractivity contribution in [1.29, 1.82) is 0 Å². The molecular formula is C13H10BrFN2O3. The van der Waals surface area contributed by atoms with Crippen LogP contribution in [0.25, 0.3) is 5.69 Å². The van der Waals surface area contributed by atoms with Crippen LogP contribution in [-0.4, -0.2) is 22.4 Å². The van der Waals surface area contributed by atoms with Gasteiger partial charge in [0.05, 0.1) is 6.61 Å². The predicted molar refractivity (Wildman–Crippen MR) is 73.4 cm³/mol. The highest BCUT2D eigenvalue weighted by molar-refractivity contribution is 9.10. The van der Waals surface area contributed by atoms with Gasteiger partial charge in [0.25, 0.3) is 0 Å². The minimum absolute atomic E-state index is 0.124. The maximum Gasteiger partial charge on any atom is 0.362 e. The van der Waals surface area contributed by atoms with Crippen LogP contribution in [0.5, 0.6) is 0 Å². The van der Waals surface area contributed by atoms with E-state index in [1.165, 1.54) is 18.3 Å². The molecule has 0 bridgehead atoms. The molecule has 0 saturated heterocycles. The van der Waals surface area contributed by atoms with Crippen molar-refractivity contribution >= 4 is 21.9 Å². The van der Waals surface area contributed by atoms with Crippen molar-refractivity contribution in [2.45, 2.75) is 6.92 Å². The van der Waals surface area contributed by atoms with E-state index in [0.717, 1.165) is 10.7 Å². The minimum atomic E-state index is -0.829. The predicted octanol–water partition coefficient (Wildman–Crippen LogP) is 2.31.